The molecule has 0 aromatic heterocycles. The Morgan fingerprint density at radius 3 is 2.20 bits per heavy atom. The maximum atomic E-state index is 12.5. The minimum Gasteiger partial charge on any atom is -0.481 e. The molecular weight excluding hydrogens is 384 g/mol. The molecule has 6 heteroatoms. The lowest BCUT2D eigenvalue weighted by molar-refractivity contribution is -0.207. The van der Waals surface area contributed by atoms with E-state index in [9.17, 15) is 29.7 Å². The quantitative estimate of drug-likeness (QED) is 0.587. The molecule has 3 saturated carbocycles. The van der Waals surface area contributed by atoms with Crippen LogP contribution in [0.15, 0.2) is 11.6 Å². The Morgan fingerprint density at radius 1 is 1.00 bits per heavy atom. The summed E-state index contributed by atoms with van der Waals surface area (Å²) in [6.07, 6.45) is 6.36. The Labute approximate surface area is 177 Å². The van der Waals surface area contributed by atoms with Crippen LogP contribution in [0.1, 0.15) is 66.2 Å². The van der Waals surface area contributed by atoms with E-state index in [0.29, 0.717) is 25.7 Å². The van der Waals surface area contributed by atoms with Gasteiger partial charge in [-0.3, -0.25) is 14.4 Å². The summed E-state index contributed by atoms with van der Waals surface area (Å²) < 4.78 is 0. The van der Waals surface area contributed by atoms with Crippen molar-refractivity contribution in [2.75, 3.05) is 0 Å². The number of hydrogen-bond donors (Lipinski definition) is 3. The van der Waals surface area contributed by atoms with Crippen molar-refractivity contribution in [1.29, 1.82) is 0 Å². The lowest BCUT2D eigenvalue weighted by atomic mass is 9.34. The molecular formula is C24H34O6. The minimum absolute atomic E-state index is 0.00641. The monoisotopic (exact) mass is 418 g/mol. The Morgan fingerprint density at radius 2 is 1.67 bits per heavy atom. The highest BCUT2D eigenvalue weighted by atomic mass is 16.4. The van der Waals surface area contributed by atoms with Crippen molar-refractivity contribution in [3.63, 3.8) is 0 Å². The van der Waals surface area contributed by atoms with Crippen LogP contribution in [-0.2, 0) is 14.4 Å². The van der Waals surface area contributed by atoms with Crippen LogP contribution in [0.2, 0.25) is 0 Å². The van der Waals surface area contributed by atoms with Gasteiger partial charge in [0.05, 0.1) is 17.3 Å². The highest BCUT2D eigenvalue weighted by Gasteiger charge is 2.71. The first-order chi connectivity index (χ1) is 13.9. The molecule has 5 rings (SSSR count). The molecule has 1 spiro atoms. The third-order valence-corrected chi connectivity index (χ3v) is 9.72. The highest BCUT2D eigenvalue weighted by Crippen LogP contribution is 2.73. The number of carboxylic acid groups (broad SMARTS) is 3. The summed E-state index contributed by atoms with van der Waals surface area (Å²) in [4.78, 5) is 37.0. The van der Waals surface area contributed by atoms with Gasteiger partial charge in [-0.25, -0.2) is 0 Å². The molecule has 0 aromatic carbocycles. The first-order valence-electron chi connectivity index (χ1n) is 11.3. The van der Waals surface area contributed by atoms with Gasteiger partial charge >= 0.3 is 17.9 Å². The van der Waals surface area contributed by atoms with Crippen molar-refractivity contribution < 1.29 is 29.7 Å². The molecule has 5 aliphatic rings. The van der Waals surface area contributed by atoms with Gasteiger partial charge in [-0.15, -0.1) is 0 Å². The van der Waals surface area contributed by atoms with Crippen LogP contribution in [0.25, 0.3) is 0 Å². The van der Waals surface area contributed by atoms with E-state index >= 15 is 0 Å². The zero-order valence-electron chi connectivity index (χ0n) is 18.4. The van der Waals surface area contributed by atoms with Gasteiger partial charge < -0.3 is 15.3 Å². The number of aliphatic carboxylic acids is 3. The predicted molar refractivity (Wildman–Crippen MR) is 110 cm³/mol. The molecule has 3 N–H and O–H groups in total. The predicted octanol–water partition coefficient (Wildman–Crippen LogP) is 4.30. The Kier molecular flexibility index (Phi) is 4.68. The van der Waals surface area contributed by atoms with Gasteiger partial charge in [0, 0.05) is 5.41 Å². The molecule has 3 fully saturated rings. The van der Waals surface area contributed by atoms with Gasteiger partial charge in [0.25, 0.3) is 0 Å². The molecule has 2 bridgehead atoms. The molecule has 0 heterocycles. The maximum Gasteiger partial charge on any atom is 0.309 e. The van der Waals surface area contributed by atoms with Crippen molar-refractivity contribution in [3.8, 4) is 0 Å². The summed E-state index contributed by atoms with van der Waals surface area (Å²) in [5.41, 5.74) is -0.709. The van der Waals surface area contributed by atoms with Crippen molar-refractivity contribution in [2.24, 2.45) is 51.8 Å². The highest BCUT2D eigenvalue weighted by molar-refractivity contribution is 5.83. The lowest BCUT2D eigenvalue weighted by Crippen LogP contribution is -2.66. The molecule has 5 aliphatic carbocycles. The van der Waals surface area contributed by atoms with Gasteiger partial charge in [0.1, 0.15) is 0 Å². The van der Waals surface area contributed by atoms with E-state index in [0.717, 1.165) is 18.4 Å². The van der Waals surface area contributed by atoms with Gasteiger partial charge in [0.15, 0.2) is 0 Å². The third kappa shape index (κ3) is 2.51. The number of fused-ring (bicyclic) bond motifs is 2. The van der Waals surface area contributed by atoms with Crippen molar-refractivity contribution in [1.82, 2.24) is 0 Å². The van der Waals surface area contributed by atoms with E-state index in [1.54, 1.807) is 0 Å². The summed E-state index contributed by atoms with van der Waals surface area (Å²) in [6.45, 7) is 8.15. The van der Waals surface area contributed by atoms with Crippen LogP contribution >= 0.6 is 0 Å². The standard InChI is InChI=1S/C24H34O6/c1-12(2)14-11-24-9-6-15-22(3,7-5-8-23(15,4)21(29)30)16(24)10-13(14)17(19(25)26)18(24)20(27)28/h11-13,15-18H,5-10H2,1-4H3,(H,25,26)(H,27,28)(H,29,30)/t13-,15?,16+,17+,18-,22+,23-,24+/m1/s1. The van der Waals surface area contributed by atoms with Crippen LogP contribution < -0.4 is 0 Å². The number of carbonyl (C=O) groups is 3. The second-order valence-electron chi connectivity index (χ2n) is 11.2. The first kappa shape index (κ1) is 21.4. The molecule has 1 unspecified atom stereocenters. The van der Waals surface area contributed by atoms with Gasteiger partial charge in [-0.1, -0.05) is 38.8 Å². The summed E-state index contributed by atoms with van der Waals surface area (Å²) >= 11 is 0. The minimum atomic E-state index is -1.02. The van der Waals surface area contributed by atoms with Crippen molar-refractivity contribution in [3.05, 3.63) is 11.6 Å². The molecule has 30 heavy (non-hydrogen) atoms. The average Bonchev–Trinajstić information content (AvgIpc) is 2.65. The summed E-state index contributed by atoms with van der Waals surface area (Å²) in [6, 6.07) is 0. The van der Waals surface area contributed by atoms with Crippen LogP contribution in [-0.4, -0.2) is 33.2 Å². The van der Waals surface area contributed by atoms with Crippen molar-refractivity contribution in [2.45, 2.75) is 66.2 Å². The Hall–Kier alpha value is -1.85. The SMILES string of the molecule is CC(C)C1=C[C@@]23CCC4[C@](C)(C(=O)O)CCC[C@]4(C)[C@@H]2C[C@H]1[C@H](C(=O)O)[C@@H]3C(=O)O. The number of allylic oxidation sites excluding steroid dienone is 2. The maximum absolute atomic E-state index is 12.5. The first-order valence-corrected chi connectivity index (χ1v) is 11.3. The van der Waals surface area contributed by atoms with E-state index in [4.69, 9.17) is 0 Å². The third-order valence-electron chi connectivity index (χ3n) is 9.72. The van der Waals surface area contributed by atoms with E-state index in [2.05, 4.69) is 26.8 Å². The molecule has 8 atom stereocenters. The molecule has 0 radical (unpaired) electrons. The molecule has 0 aromatic rings. The van der Waals surface area contributed by atoms with Crippen LogP contribution in [0.5, 0.6) is 0 Å². The zero-order valence-corrected chi connectivity index (χ0v) is 18.4. The van der Waals surface area contributed by atoms with E-state index in [1.165, 1.54) is 0 Å². The molecule has 6 nitrogen and oxygen atoms in total. The smallest absolute Gasteiger partial charge is 0.309 e. The van der Waals surface area contributed by atoms with Gasteiger partial charge in [-0.2, -0.15) is 0 Å². The molecule has 0 aliphatic heterocycles. The molecule has 166 valence electrons. The zero-order chi connectivity index (χ0) is 22.2. The number of hydrogen-bond acceptors (Lipinski definition) is 3. The second kappa shape index (κ2) is 6.57. The Bertz CT molecular complexity index is 830. The molecule has 0 amide bonds. The largest absolute Gasteiger partial charge is 0.481 e. The summed E-state index contributed by atoms with van der Waals surface area (Å²) in [5, 5.41) is 30.3. The van der Waals surface area contributed by atoms with Crippen LogP contribution in [0, 0.1) is 51.8 Å². The summed E-state index contributed by atoms with van der Waals surface area (Å²) in [5.74, 6) is -4.76. The van der Waals surface area contributed by atoms with Gasteiger partial charge in [0.2, 0.25) is 0 Å². The average molecular weight is 419 g/mol. The fourth-order valence-electron chi connectivity index (χ4n) is 8.56. The number of carboxylic acids is 3. The van der Waals surface area contributed by atoms with Crippen molar-refractivity contribution >= 4 is 17.9 Å². The fourth-order valence-corrected chi connectivity index (χ4v) is 8.56. The lowest BCUT2D eigenvalue weighted by Gasteiger charge is -2.68. The normalized spacial score (nSPS) is 47.2. The number of rotatable bonds is 4. The van der Waals surface area contributed by atoms with Gasteiger partial charge in [-0.05, 0) is 68.1 Å². The Balaban J connectivity index is 1.89. The van der Waals surface area contributed by atoms with Crippen LogP contribution in [0.3, 0.4) is 0 Å². The molecule has 0 saturated heterocycles. The van der Waals surface area contributed by atoms with Crippen LogP contribution in [0.4, 0.5) is 0 Å². The second-order valence-corrected chi connectivity index (χ2v) is 11.2. The van der Waals surface area contributed by atoms with E-state index in [-0.39, 0.29) is 29.1 Å². The topological polar surface area (TPSA) is 112 Å². The summed E-state index contributed by atoms with van der Waals surface area (Å²) in [7, 11) is 0. The fraction of sp³-hybridized carbons (Fsp3) is 0.792. The van der Waals surface area contributed by atoms with E-state index < -0.39 is 40.6 Å². The van der Waals surface area contributed by atoms with E-state index in [1.807, 2.05) is 6.92 Å².